The Labute approximate surface area is 115 Å². The Morgan fingerprint density at radius 3 is 2.47 bits per heavy atom. The molecule has 0 bridgehead atoms. The molecule has 0 spiro atoms. The van der Waals surface area contributed by atoms with Gasteiger partial charge >= 0.3 is 0 Å². The summed E-state index contributed by atoms with van der Waals surface area (Å²) in [6, 6.07) is 7.55. The summed E-state index contributed by atoms with van der Waals surface area (Å²) in [5.41, 5.74) is 1.80. The lowest BCUT2D eigenvalue weighted by atomic mass is 10.1. The third-order valence-electron chi connectivity index (χ3n) is 2.84. The first-order chi connectivity index (χ1) is 9.02. The van der Waals surface area contributed by atoms with Gasteiger partial charge in [-0.3, -0.25) is 4.79 Å². The molecule has 0 aromatic heterocycles. The van der Waals surface area contributed by atoms with E-state index in [1.807, 2.05) is 45.3 Å². The lowest BCUT2D eigenvalue weighted by Gasteiger charge is -2.12. The van der Waals surface area contributed by atoms with Gasteiger partial charge in [-0.15, -0.1) is 0 Å². The number of carbonyl (C=O) groups excluding carboxylic acids is 1. The lowest BCUT2D eigenvalue weighted by Crippen LogP contribution is -2.31. The number of aliphatic hydroxyl groups is 1. The molecule has 0 saturated carbocycles. The predicted octanol–water partition coefficient (Wildman–Crippen LogP) is 1.64. The zero-order chi connectivity index (χ0) is 14.3. The van der Waals surface area contributed by atoms with Crippen molar-refractivity contribution in [2.75, 3.05) is 20.6 Å². The SMILES string of the molecule is CCCC(O)CNC(=O)c1ccc(CN(C)C)cc1. The van der Waals surface area contributed by atoms with Crippen molar-refractivity contribution in [2.45, 2.75) is 32.4 Å². The number of carbonyl (C=O) groups is 1. The van der Waals surface area contributed by atoms with Gasteiger partial charge in [0.05, 0.1) is 6.10 Å². The minimum Gasteiger partial charge on any atom is -0.391 e. The minimum atomic E-state index is -0.457. The van der Waals surface area contributed by atoms with E-state index < -0.39 is 6.10 Å². The summed E-state index contributed by atoms with van der Waals surface area (Å²) >= 11 is 0. The molecule has 1 aromatic carbocycles. The molecule has 1 amide bonds. The van der Waals surface area contributed by atoms with Crippen LogP contribution in [-0.4, -0.2) is 42.7 Å². The van der Waals surface area contributed by atoms with E-state index in [-0.39, 0.29) is 5.91 Å². The van der Waals surface area contributed by atoms with E-state index in [4.69, 9.17) is 0 Å². The molecule has 0 aliphatic rings. The molecule has 0 heterocycles. The number of benzene rings is 1. The number of nitrogens with one attached hydrogen (secondary N) is 1. The molecule has 1 unspecified atom stereocenters. The molecule has 1 rings (SSSR count). The van der Waals surface area contributed by atoms with Gasteiger partial charge in [-0.05, 0) is 38.2 Å². The van der Waals surface area contributed by atoms with E-state index >= 15 is 0 Å². The third-order valence-corrected chi connectivity index (χ3v) is 2.84. The topological polar surface area (TPSA) is 52.6 Å². The maximum Gasteiger partial charge on any atom is 0.251 e. The van der Waals surface area contributed by atoms with Crippen LogP contribution in [0.25, 0.3) is 0 Å². The Balaban J connectivity index is 2.48. The first kappa shape index (κ1) is 15.7. The van der Waals surface area contributed by atoms with Gasteiger partial charge in [-0.1, -0.05) is 25.5 Å². The van der Waals surface area contributed by atoms with Gasteiger partial charge in [0.1, 0.15) is 0 Å². The van der Waals surface area contributed by atoms with Gasteiger partial charge in [-0.25, -0.2) is 0 Å². The Kier molecular flexibility index (Phi) is 6.53. The second kappa shape index (κ2) is 7.92. The average Bonchev–Trinajstić information content (AvgIpc) is 2.36. The van der Waals surface area contributed by atoms with E-state index in [1.54, 1.807) is 0 Å². The minimum absolute atomic E-state index is 0.133. The highest BCUT2D eigenvalue weighted by atomic mass is 16.3. The predicted molar refractivity (Wildman–Crippen MR) is 77.1 cm³/mol. The molecule has 1 aromatic rings. The molecule has 106 valence electrons. The van der Waals surface area contributed by atoms with Crippen LogP contribution < -0.4 is 5.32 Å². The van der Waals surface area contributed by atoms with Crippen LogP contribution in [0, 0.1) is 0 Å². The molecule has 0 radical (unpaired) electrons. The van der Waals surface area contributed by atoms with Crippen molar-refractivity contribution in [1.82, 2.24) is 10.2 Å². The third kappa shape index (κ3) is 5.85. The summed E-state index contributed by atoms with van der Waals surface area (Å²) in [5.74, 6) is -0.133. The first-order valence-electron chi connectivity index (χ1n) is 6.73. The number of nitrogens with zero attached hydrogens (tertiary/aromatic N) is 1. The molecule has 4 nitrogen and oxygen atoms in total. The summed E-state index contributed by atoms with van der Waals surface area (Å²) < 4.78 is 0. The van der Waals surface area contributed by atoms with E-state index in [2.05, 4.69) is 10.2 Å². The normalized spacial score (nSPS) is 12.5. The standard InChI is InChI=1S/C15H24N2O2/c1-4-5-14(18)10-16-15(19)13-8-6-12(7-9-13)11-17(2)3/h6-9,14,18H,4-5,10-11H2,1-3H3,(H,16,19). The lowest BCUT2D eigenvalue weighted by molar-refractivity contribution is 0.0910. The van der Waals surface area contributed by atoms with Crippen molar-refractivity contribution in [2.24, 2.45) is 0 Å². The average molecular weight is 264 g/mol. The fourth-order valence-corrected chi connectivity index (χ4v) is 1.87. The summed E-state index contributed by atoms with van der Waals surface area (Å²) in [6.07, 6.45) is 1.17. The van der Waals surface area contributed by atoms with Crippen molar-refractivity contribution < 1.29 is 9.90 Å². The van der Waals surface area contributed by atoms with Crippen LogP contribution in [0.3, 0.4) is 0 Å². The summed E-state index contributed by atoms with van der Waals surface area (Å²) in [6.45, 7) is 3.18. The number of aliphatic hydroxyl groups excluding tert-OH is 1. The summed E-state index contributed by atoms with van der Waals surface area (Å²) in [4.78, 5) is 13.9. The first-order valence-corrected chi connectivity index (χ1v) is 6.73. The highest BCUT2D eigenvalue weighted by molar-refractivity contribution is 5.94. The molecule has 0 fully saturated rings. The maximum absolute atomic E-state index is 11.9. The molecule has 0 aliphatic heterocycles. The smallest absolute Gasteiger partial charge is 0.251 e. The second-order valence-electron chi connectivity index (χ2n) is 5.09. The zero-order valence-corrected chi connectivity index (χ0v) is 12.0. The van der Waals surface area contributed by atoms with Crippen molar-refractivity contribution in [1.29, 1.82) is 0 Å². The molecule has 0 aliphatic carbocycles. The van der Waals surface area contributed by atoms with Crippen LogP contribution in [0.4, 0.5) is 0 Å². The van der Waals surface area contributed by atoms with Crippen LogP contribution in [0.15, 0.2) is 24.3 Å². The molecule has 4 heteroatoms. The monoisotopic (exact) mass is 264 g/mol. The van der Waals surface area contributed by atoms with Gasteiger partial charge in [0, 0.05) is 18.7 Å². The molecule has 2 N–H and O–H groups in total. The van der Waals surface area contributed by atoms with Crippen LogP contribution >= 0.6 is 0 Å². The van der Waals surface area contributed by atoms with E-state index in [9.17, 15) is 9.90 Å². The zero-order valence-electron chi connectivity index (χ0n) is 12.0. The Morgan fingerprint density at radius 2 is 1.95 bits per heavy atom. The van der Waals surface area contributed by atoms with E-state index in [0.717, 1.165) is 13.0 Å². The van der Waals surface area contributed by atoms with Crippen molar-refractivity contribution in [3.05, 3.63) is 35.4 Å². The largest absolute Gasteiger partial charge is 0.391 e. The number of amides is 1. The quantitative estimate of drug-likeness (QED) is 0.787. The van der Waals surface area contributed by atoms with Gasteiger partial charge < -0.3 is 15.3 Å². The fraction of sp³-hybridized carbons (Fsp3) is 0.533. The highest BCUT2D eigenvalue weighted by Gasteiger charge is 2.08. The second-order valence-corrected chi connectivity index (χ2v) is 5.09. The van der Waals surface area contributed by atoms with Crippen molar-refractivity contribution in [3.63, 3.8) is 0 Å². The fourth-order valence-electron chi connectivity index (χ4n) is 1.87. The van der Waals surface area contributed by atoms with E-state index in [0.29, 0.717) is 18.5 Å². The van der Waals surface area contributed by atoms with Crippen LogP contribution in [0.5, 0.6) is 0 Å². The number of hydrogen-bond donors (Lipinski definition) is 2. The number of rotatable bonds is 7. The van der Waals surface area contributed by atoms with Crippen LogP contribution in [0.1, 0.15) is 35.7 Å². The van der Waals surface area contributed by atoms with Gasteiger partial charge in [-0.2, -0.15) is 0 Å². The Morgan fingerprint density at radius 1 is 1.32 bits per heavy atom. The molecule has 1 atom stereocenters. The van der Waals surface area contributed by atoms with Crippen LogP contribution in [-0.2, 0) is 6.54 Å². The van der Waals surface area contributed by atoms with Gasteiger partial charge in [0.15, 0.2) is 0 Å². The van der Waals surface area contributed by atoms with Crippen molar-refractivity contribution in [3.8, 4) is 0 Å². The Bertz CT molecular complexity index is 388. The molecular weight excluding hydrogens is 240 g/mol. The highest BCUT2D eigenvalue weighted by Crippen LogP contribution is 2.06. The van der Waals surface area contributed by atoms with Gasteiger partial charge in [0.25, 0.3) is 5.91 Å². The summed E-state index contributed by atoms with van der Waals surface area (Å²) in [5, 5.41) is 12.3. The molecule has 19 heavy (non-hydrogen) atoms. The number of hydrogen-bond acceptors (Lipinski definition) is 3. The summed E-state index contributed by atoms with van der Waals surface area (Å²) in [7, 11) is 4.02. The van der Waals surface area contributed by atoms with E-state index in [1.165, 1.54) is 5.56 Å². The van der Waals surface area contributed by atoms with Gasteiger partial charge in [0.2, 0.25) is 0 Å². The Hall–Kier alpha value is -1.39. The molecular formula is C15H24N2O2. The maximum atomic E-state index is 11.9. The van der Waals surface area contributed by atoms with Crippen LogP contribution in [0.2, 0.25) is 0 Å². The molecule has 0 saturated heterocycles. The van der Waals surface area contributed by atoms with Crippen molar-refractivity contribution >= 4 is 5.91 Å².